The lowest BCUT2D eigenvalue weighted by atomic mass is 9.77. The molecule has 6 nitrogen and oxygen atoms in total. The molecule has 0 atom stereocenters. The summed E-state index contributed by atoms with van der Waals surface area (Å²) in [6, 6.07) is 10.0. The van der Waals surface area contributed by atoms with Gasteiger partial charge in [-0.25, -0.2) is 9.78 Å². The van der Waals surface area contributed by atoms with E-state index in [1.807, 2.05) is 45.0 Å². The minimum atomic E-state index is -0.713. The van der Waals surface area contributed by atoms with Gasteiger partial charge in [0.25, 0.3) is 0 Å². The molecule has 1 saturated heterocycles. The molecular weight excluding hydrogens is 316 g/mol. The van der Waals surface area contributed by atoms with Crippen molar-refractivity contribution in [1.82, 2.24) is 14.9 Å². The van der Waals surface area contributed by atoms with Crippen LogP contribution in [0, 0.1) is 11.3 Å². The average molecular weight is 338 g/mol. The number of rotatable bonds is 1. The van der Waals surface area contributed by atoms with Gasteiger partial charge in [-0.1, -0.05) is 12.1 Å². The number of para-hydroxylation sites is 2. The number of likely N-dealkylation sites (tertiary alicyclic amines) is 1. The molecule has 1 aliphatic rings. The minimum absolute atomic E-state index is 0.330. The highest BCUT2D eigenvalue weighted by molar-refractivity contribution is 5.74. The van der Waals surface area contributed by atoms with Crippen LogP contribution < -0.4 is 0 Å². The van der Waals surface area contributed by atoms with Gasteiger partial charge in [0.05, 0.1) is 29.0 Å². The van der Waals surface area contributed by atoms with E-state index in [9.17, 15) is 10.1 Å². The molecule has 0 bridgehead atoms. The van der Waals surface area contributed by atoms with E-state index in [2.05, 4.69) is 16.0 Å². The van der Waals surface area contributed by atoms with Crippen LogP contribution in [0.25, 0.3) is 11.0 Å². The Morgan fingerprint density at radius 1 is 1.24 bits per heavy atom. The van der Waals surface area contributed by atoms with Crippen LogP contribution >= 0.6 is 0 Å². The van der Waals surface area contributed by atoms with E-state index in [1.165, 1.54) is 0 Å². The summed E-state index contributed by atoms with van der Waals surface area (Å²) in [6.45, 7) is 6.48. The quantitative estimate of drug-likeness (QED) is 0.796. The zero-order valence-corrected chi connectivity index (χ0v) is 14.8. The van der Waals surface area contributed by atoms with Gasteiger partial charge in [-0.15, -0.1) is 0 Å². The largest absolute Gasteiger partial charge is 0.444 e. The Hall–Kier alpha value is -2.68. The summed E-state index contributed by atoms with van der Waals surface area (Å²) in [4.78, 5) is 23.0. The second-order valence-electron chi connectivity index (χ2n) is 7.41. The minimum Gasteiger partial charge on any atom is -0.444 e. The first-order valence-corrected chi connectivity index (χ1v) is 8.44. The fourth-order valence-corrected chi connectivity index (χ4v) is 3.01. The lowest BCUT2D eigenvalue weighted by Gasteiger charge is -2.37. The van der Waals surface area contributed by atoms with E-state index in [0.29, 0.717) is 31.6 Å². The Balaban J connectivity index is 1.79. The molecule has 0 radical (unpaired) electrons. The number of nitrogens with zero attached hydrogens (tertiary/aromatic N) is 4. The fourth-order valence-electron chi connectivity index (χ4n) is 3.01. The molecule has 6 heteroatoms. The topological polar surface area (TPSA) is 79.1 Å². The number of benzene rings is 1. The molecule has 1 fully saturated rings. The lowest BCUT2D eigenvalue weighted by Crippen LogP contribution is -2.46. The van der Waals surface area contributed by atoms with Crippen molar-refractivity contribution in [2.75, 3.05) is 13.1 Å². The molecule has 0 spiro atoms. The molecule has 2 heterocycles. The molecule has 1 aliphatic heterocycles. The highest BCUT2D eigenvalue weighted by Crippen LogP contribution is 2.34. The third-order valence-corrected chi connectivity index (χ3v) is 4.42. The standard InChI is InChI=1S/C19H22N4O2/c1-18(2,3)25-17(24)23-10-8-19(13-20,9-11-23)16-12-21-14-6-4-5-7-15(14)22-16/h4-7,12H,8-11H2,1-3H3. The van der Waals surface area contributed by atoms with Crippen molar-refractivity contribution < 1.29 is 9.53 Å². The number of hydrogen-bond donors (Lipinski definition) is 0. The van der Waals surface area contributed by atoms with E-state index < -0.39 is 11.0 Å². The highest BCUT2D eigenvalue weighted by atomic mass is 16.6. The number of piperidine rings is 1. The number of nitriles is 1. The molecule has 25 heavy (non-hydrogen) atoms. The zero-order chi connectivity index (χ0) is 18.1. The van der Waals surface area contributed by atoms with Gasteiger partial charge in [-0.3, -0.25) is 4.98 Å². The van der Waals surface area contributed by atoms with Crippen LogP contribution in [-0.4, -0.2) is 39.7 Å². The maximum atomic E-state index is 12.2. The molecule has 2 aromatic rings. The summed E-state index contributed by atoms with van der Waals surface area (Å²) < 4.78 is 5.42. The summed E-state index contributed by atoms with van der Waals surface area (Å²) in [5.41, 5.74) is 1.03. The number of fused-ring (bicyclic) bond motifs is 1. The molecule has 130 valence electrons. The lowest BCUT2D eigenvalue weighted by molar-refractivity contribution is 0.0184. The summed E-state index contributed by atoms with van der Waals surface area (Å²) in [5.74, 6) is 0. The van der Waals surface area contributed by atoms with Crippen LogP contribution in [0.2, 0.25) is 0 Å². The second-order valence-corrected chi connectivity index (χ2v) is 7.41. The average Bonchev–Trinajstić information content (AvgIpc) is 2.60. The number of amides is 1. The Kier molecular flexibility index (Phi) is 4.34. The predicted molar refractivity (Wildman–Crippen MR) is 93.9 cm³/mol. The maximum absolute atomic E-state index is 12.2. The number of carbonyl (C=O) groups excluding carboxylic acids is 1. The van der Waals surface area contributed by atoms with E-state index in [-0.39, 0.29) is 6.09 Å². The van der Waals surface area contributed by atoms with Crippen molar-refractivity contribution in [3.63, 3.8) is 0 Å². The van der Waals surface area contributed by atoms with Crippen molar-refractivity contribution in [3.05, 3.63) is 36.2 Å². The molecule has 0 aliphatic carbocycles. The van der Waals surface area contributed by atoms with Gasteiger partial charge in [-0.2, -0.15) is 5.26 Å². The number of aromatic nitrogens is 2. The van der Waals surface area contributed by atoms with Gasteiger partial charge >= 0.3 is 6.09 Å². The number of carbonyl (C=O) groups is 1. The molecule has 1 amide bonds. The molecule has 0 N–H and O–H groups in total. The van der Waals surface area contributed by atoms with Gasteiger partial charge in [-0.05, 0) is 45.7 Å². The molecule has 0 unspecified atom stereocenters. The highest BCUT2D eigenvalue weighted by Gasteiger charge is 2.40. The Morgan fingerprint density at radius 2 is 1.88 bits per heavy atom. The molecule has 0 saturated carbocycles. The monoisotopic (exact) mass is 338 g/mol. The van der Waals surface area contributed by atoms with Crippen LogP contribution in [0.1, 0.15) is 39.3 Å². The fraction of sp³-hybridized carbons (Fsp3) is 0.474. The zero-order valence-electron chi connectivity index (χ0n) is 14.8. The first-order chi connectivity index (χ1) is 11.8. The SMILES string of the molecule is CC(C)(C)OC(=O)N1CCC(C#N)(c2cnc3ccccc3n2)CC1. The molecule has 3 rings (SSSR count). The summed E-state index contributed by atoms with van der Waals surface area (Å²) >= 11 is 0. The van der Waals surface area contributed by atoms with Crippen LogP contribution in [0.5, 0.6) is 0 Å². The third-order valence-electron chi connectivity index (χ3n) is 4.42. The second kappa shape index (κ2) is 6.32. The Bertz CT molecular complexity index is 827. The van der Waals surface area contributed by atoms with Crippen LogP contribution in [0.3, 0.4) is 0 Å². The van der Waals surface area contributed by atoms with E-state index in [0.717, 1.165) is 11.0 Å². The van der Waals surface area contributed by atoms with Gasteiger partial charge in [0, 0.05) is 13.1 Å². The van der Waals surface area contributed by atoms with Crippen LogP contribution in [0.4, 0.5) is 4.79 Å². The van der Waals surface area contributed by atoms with Crippen molar-refractivity contribution in [2.45, 2.75) is 44.6 Å². The Morgan fingerprint density at radius 3 is 2.48 bits per heavy atom. The summed E-state index contributed by atoms with van der Waals surface area (Å²) in [5, 5.41) is 9.83. The summed E-state index contributed by atoms with van der Waals surface area (Å²) in [7, 11) is 0. The normalized spacial score (nSPS) is 17.1. The predicted octanol–water partition coefficient (Wildman–Crippen LogP) is 3.42. The van der Waals surface area contributed by atoms with Gasteiger partial charge in [0.1, 0.15) is 11.0 Å². The molecule has 1 aromatic carbocycles. The van der Waals surface area contributed by atoms with Crippen molar-refractivity contribution in [2.24, 2.45) is 0 Å². The van der Waals surface area contributed by atoms with E-state index >= 15 is 0 Å². The first kappa shape index (κ1) is 17.2. The van der Waals surface area contributed by atoms with Gasteiger partial charge < -0.3 is 9.64 Å². The molecular formula is C19H22N4O2. The van der Waals surface area contributed by atoms with E-state index in [4.69, 9.17) is 4.74 Å². The Labute approximate surface area is 147 Å². The van der Waals surface area contributed by atoms with E-state index in [1.54, 1.807) is 11.1 Å². The molecule has 1 aromatic heterocycles. The first-order valence-electron chi connectivity index (χ1n) is 8.44. The maximum Gasteiger partial charge on any atom is 0.410 e. The van der Waals surface area contributed by atoms with Gasteiger partial charge in [0.2, 0.25) is 0 Å². The van der Waals surface area contributed by atoms with Crippen LogP contribution in [-0.2, 0) is 10.2 Å². The smallest absolute Gasteiger partial charge is 0.410 e. The van der Waals surface area contributed by atoms with Crippen LogP contribution in [0.15, 0.2) is 30.5 Å². The number of hydrogen-bond acceptors (Lipinski definition) is 5. The van der Waals surface area contributed by atoms with Crippen molar-refractivity contribution in [3.8, 4) is 6.07 Å². The number of ether oxygens (including phenoxy) is 1. The van der Waals surface area contributed by atoms with Crippen molar-refractivity contribution >= 4 is 17.1 Å². The van der Waals surface area contributed by atoms with Gasteiger partial charge in [0.15, 0.2) is 0 Å². The third kappa shape index (κ3) is 3.55. The van der Waals surface area contributed by atoms with Crippen molar-refractivity contribution in [1.29, 1.82) is 5.26 Å². The summed E-state index contributed by atoms with van der Waals surface area (Å²) in [6.07, 6.45) is 2.41.